The summed E-state index contributed by atoms with van der Waals surface area (Å²) >= 11 is 0. The van der Waals surface area contributed by atoms with E-state index >= 15 is 0 Å². The number of nitrogens with one attached hydrogen (secondary N) is 2. The molecule has 2 aliphatic heterocycles. The van der Waals surface area contributed by atoms with E-state index < -0.39 is 0 Å². The van der Waals surface area contributed by atoms with Crippen LogP contribution in [0.1, 0.15) is 16.7 Å². The van der Waals surface area contributed by atoms with Gasteiger partial charge in [0.15, 0.2) is 0 Å². The normalized spacial score (nSPS) is 20.5. The molecule has 2 heterocycles. The quantitative estimate of drug-likeness (QED) is 0.803. The lowest BCUT2D eigenvalue weighted by Crippen LogP contribution is -2.44. The fourth-order valence-corrected chi connectivity index (χ4v) is 2.85. The molecule has 0 spiro atoms. The molecule has 3 nitrogen and oxygen atoms in total. The number of benzene rings is 1. The Kier molecular flexibility index (Phi) is 3.41. The van der Waals surface area contributed by atoms with E-state index in [0.29, 0.717) is 0 Å². The molecule has 1 aromatic carbocycles. The summed E-state index contributed by atoms with van der Waals surface area (Å²) in [6.07, 6.45) is 1.20. The molecule has 92 valence electrons. The summed E-state index contributed by atoms with van der Waals surface area (Å²) in [6.45, 7) is 8.02. The third-order valence-corrected chi connectivity index (χ3v) is 3.89. The van der Waals surface area contributed by atoms with Crippen molar-refractivity contribution in [2.75, 3.05) is 32.7 Å². The van der Waals surface area contributed by atoms with E-state index in [2.05, 4.69) is 33.7 Å². The Balaban J connectivity index is 1.63. The van der Waals surface area contributed by atoms with Gasteiger partial charge in [0.05, 0.1) is 0 Å². The topological polar surface area (TPSA) is 27.3 Å². The summed E-state index contributed by atoms with van der Waals surface area (Å²) in [4.78, 5) is 2.57. The molecule has 0 atom stereocenters. The van der Waals surface area contributed by atoms with E-state index in [1.54, 1.807) is 11.1 Å². The fraction of sp³-hybridized carbons (Fsp3) is 0.571. The molecule has 0 radical (unpaired) electrons. The summed E-state index contributed by atoms with van der Waals surface area (Å²) in [5.41, 5.74) is 4.61. The van der Waals surface area contributed by atoms with Gasteiger partial charge in [-0.05, 0) is 23.1 Å². The third kappa shape index (κ3) is 2.51. The van der Waals surface area contributed by atoms with Gasteiger partial charge < -0.3 is 15.5 Å². The summed E-state index contributed by atoms with van der Waals surface area (Å²) in [5.74, 6) is 0. The highest BCUT2D eigenvalue weighted by Crippen LogP contribution is 2.20. The van der Waals surface area contributed by atoms with Gasteiger partial charge in [-0.2, -0.15) is 0 Å². The van der Waals surface area contributed by atoms with Crippen molar-refractivity contribution in [1.29, 1.82) is 0 Å². The van der Waals surface area contributed by atoms with Gasteiger partial charge in [-0.3, -0.25) is 0 Å². The van der Waals surface area contributed by atoms with Crippen molar-refractivity contribution < 1.29 is 0 Å². The Morgan fingerprint density at radius 2 is 1.94 bits per heavy atom. The molecule has 0 unspecified atom stereocenters. The number of piperazine rings is 1. The number of hydrogen-bond acceptors (Lipinski definition) is 3. The lowest BCUT2D eigenvalue weighted by atomic mass is 10.0. The first-order valence-electron chi connectivity index (χ1n) is 6.67. The molecule has 1 aromatic rings. The van der Waals surface area contributed by atoms with Crippen molar-refractivity contribution in [2.45, 2.75) is 19.5 Å². The van der Waals surface area contributed by atoms with Gasteiger partial charge in [-0.15, -0.1) is 0 Å². The number of fused-ring (bicyclic) bond motifs is 1. The average Bonchev–Trinajstić information content (AvgIpc) is 2.86. The van der Waals surface area contributed by atoms with E-state index in [-0.39, 0.29) is 0 Å². The average molecular weight is 231 g/mol. The van der Waals surface area contributed by atoms with Crippen LogP contribution in [-0.4, -0.2) is 37.6 Å². The van der Waals surface area contributed by atoms with E-state index in [0.717, 1.165) is 26.2 Å². The SMILES string of the molecule is c1cc(CCN2CCNCC2)c2c(c1)CNC2. The van der Waals surface area contributed by atoms with Gasteiger partial charge in [0.2, 0.25) is 0 Å². The van der Waals surface area contributed by atoms with Crippen LogP contribution in [0.4, 0.5) is 0 Å². The van der Waals surface area contributed by atoms with Gasteiger partial charge in [0.1, 0.15) is 0 Å². The lowest BCUT2D eigenvalue weighted by molar-refractivity contribution is 0.244. The van der Waals surface area contributed by atoms with Crippen molar-refractivity contribution >= 4 is 0 Å². The molecule has 0 aliphatic carbocycles. The van der Waals surface area contributed by atoms with E-state index in [4.69, 9.17) is 0 Å². The van der Waals surface area contributed by atoms with Gasteiger partial charge >= 0.3 is 0 Å². The molecule has 3 heteroatoms. The molecule has 1 fully saturated rings. The Bertz CT molecular complexity index is 383. The van der Waals surface area contributed by atoms with Gasteiger partial charge in [-0.1, -0.05) is 18.2 Å². The van der Waals surface area contributed by atoms with Crippen LogP contribution in [-0.2, 0) is 19.5 Å². The van der Waals surface area contributed by atoms with Crippen LogP contribution < -0.4 is 10.6 Å². The molecule has 1 saturated heterocycles. The van der Waals surface area contributed by atoms with Crippen molar-refractivity contribution in [1.82, 2.24) is 15.5 Å². The maximum Gasteiger partial charge on any atom is 0.0214 e. The van der Waals surface area contributed by atoms with Crippen molar-refractivity contribution in [3.05, 3.63) is 34.9 Å². The standard InChI is InChI=1S/C14H21N3/c1-2-12(14-11-16-10-13(14)3-1)4-7-17-8-5-15-6-9-17/h1-3,15-16H,4-11H2. The highest BCUT2D eigenvalue weighted by atomic mass is 15.2. The second kappa shape index (κ2) is 5.17. The van der Waals surface area contributed by atoms with Crippen LogP contribution >= 0.6 is 0 Å². The fourth-order valence-electron chi connectivity index (χ4n) is 2.85. The summed E-state index contributed by atoms with van der Waals surface area (Å²) in [5, 5.41) is 6.85. The number of hydrogen-bond donors (Lipinski definition) is 2. The molecule has 0 amide bonds. The van der Waals surface area contributed by atoms with Gasteiger partial charge in [-0.25, -0.2) is 0 Å². The van der Waals surface area contributed by atoms with Crippen LogP contribution in [0, 0.1) is 0 Å². The summed E-state index contributed by atoms with van der Waals surface area (Å²) in [7, 11) is 0. The second-order valence-corrected chi connectivity index (χ2v) is 5.00. The van der Waals surface area contributed by atoms with Crippen molar-refractivity contribution in [3.63, 3.8) is 0 Å². The molecule has 0 saturated carbocycles. The molecule has 2 aliphatic rings. The van der Waals surface area contributed by atoms with Crippen LogP contribution in [0.25, 0.3) is 0 Å². The second-order valence-electron chi connectivity index (χ2n) is 5.00. The number of nitrogens with zero attached hydrogens (tertiary/aromatic N) is 1. The minimum Gasteiger partial charge on any atom is -0.314 e. The van der Waals surface area contributed by atoms with E-state index in [9.17, 15) is 0 Å². The first-order chi connectivity index (χ1) is 8.43. The molecule has 2 N–H and O–H groups in total. The van der Waals surface area contributed by atoms with Crippen LogP contribution in [0.2, 0.25) is 0 Å². The predicted molar refractivity (Wildman–Crippen MR) is 70.0 cm³/mol. The minimum absolute atomic E-state index is 1.05. The van der Waals surface area contributed by atoms with Gasteiger partial charge in [0, 0.05) is 45.8 Å². The number of rotatable bonds is 3. The Labute approximate surface area is 103 Å². The molecular formula is C14H21N3. The predicted octanol–water partition coefficient (Wildman–Crippen LogP) is 0.738. The largest absolute Gasteiger partial charge is 0.314 e. The first-order valence-corrected chi connectivity index (χ1v) is 6.67. The van der Waals surface area contributed by atoms with E-state index in [1.807, 2.05) is 0 Å². The van der Waals surface area contributed by atoms with E-state index in [1.165, 1.54) is 31.6 Å². The van der Waals surface area contributed by atoms with Crippen molar-refractivity contribution in [2.24, 2.45) is 0 Å². The van der Waals surface area contributed by atoms with Crippen molar-refractivity contribution in [3.8, 4) is 0 Å². The zero-order valence-corrected chi connectivity index (χ0v) is 10.3. The Morgan fingerprint density at radius 1 is 1.06 bits per heavy atom. The Hall–Kier alpha value is -0.900. The molecule has 3 rings (SSSR count). The minimum atomic E-state index is 1.05. The monoisotopic (exact) mass is 231 g/mol. The molecule has 17 heavy (non-hydrogen) atoms. The maximum atomic E-state index is 3.44. The van der Waals surface area contributed by atoms with Crippen LogP contribution in [0.15, 0.2) is 18.2 Å². The zero-order valence-electron chi connectivity index (χ0n) is 10.3. The first kappa shape index (κ1) is 11.2. The highest BCUT2D eigenvalue weighted by Gasteiger charge is 2.15. The molecule has 0 aromatic heterocycles. The van der Waals surface area contributed by atoms with Crippen LogP contribution in [0.3, 0.4) is 0 Å². The van der Waals surface area contributed by atoms with Crippen LogP contribution in [0.5, 0.6) is 0 Å². The third-order valence-electron chi connectivity index (χ3n) is 3.89. The van der Waals surface area contributed by atoms with Gasteiger partial charge in [0.25, 0.3) is 0 Å². The summed E-state index contributed by atoms with van der Waals surface area (Å²) < 4.78 is 0. The smallest absolute Gasteiger partial charge is 0.0214 e. The maximum absolute atomic E-state index is 3.44. The summed E-state index contributed by atoms with van der Waals surface area (Å²) in [6, 6.07) is 6.76. The Morgan fingerprint density at radius 3 is 2.82 bits per heavy atom. The highest BCUT2D eigenvalue weighted by molar-refractivity contribution is 5.37. The zero-order chi connectivity index (χ0) is 11.5. The molecular weight excluding hydrogens is 210 g/mol. The molecule has 0 bridgehead atoms. The lowest BCUT2D eigenvalue weighted by Gasteiger charge is -2.27.